The summed E-state index contributed by atoms with van der Waals surface area (Å²) in [7, 11) is 0. The number of allylic oxidation sites excluding steroid dienone is 3. The molecule has 0 aliphatic heterocycles. The van der Waals surface area contributed by atoms with Gasteiger partial charge in [0.1, 0.15) is 0 Å². The Kier molecular flexibility index (Phi) is 3.45. The van der Waals surface area contributed by atoms with E-state index >= 15 is 0 Å². The molecule has 2 aromatic heterocycles. The van der Waals surface area contributed by atoms with E-state index in [1.165, 1.54) is 5.57 Å². The normalized spacial score (nSPS) is 18.1. The molecule has 1 aliphatic rings. The fraction of sp³-hybridized carbons (Fsp3) is 0.250. The van der Waals surface area contributed by atoms with Gasteiger partial charge in [0.2, 0.25) is 5.89 Å². The fourth-order valence-corrected chi connectivity index (χ4v) is 2.43. The first-order valence-corrected chi connectivity index (χ1v) is 6.98. The molecule has 20 heavy (non-hydrogen) atoms. The largest absolute Gasteiger partial charge is 0.436 e. The van der Waals surface area contributed by atoms with Gasteiger partial charge < -0.3 is 4.42 Å². The molecule has 1 unspecified atom stereocenters. The maximum atomic E-state index is 6.16. The fourth-order valence-electron chi connectivity index (χ4n) is 2.23. The van der Waals surface area contributed by atoms with Crippen molar-refractivity contribution in [2.45, 2.75) is 26.2 Å². The van der Waals surface area contributed by atoms with E-state index in [2.05, 4.69) is 29.9 Å². The Balaban J connectivity index is 2.09. The third kappa shape index (κ3) is 2.41. The molecule has 3 rings (SSSR count). The van der Waals surface area contributed by atoms with Gasteiger partial charge in [0.05, 0.1) is 16.3 Å². The second kappa shape index (κ2) is 5.25. The molecule has 0 aromatic carbocycles. The molecule has 0 saturated heterocycles. The van der Waals surface area contributed by atoms with Crippen LogP contribution in [0, 0.1) is 0 Å². The van der Waals surface area contributed by atoms with E-state index in [0.717, 1.165) is 23.4 Å². The Labute approximate surface area is 123 Å². The molecule has 1 atom stereocenters. The lowest BCUT2D eigenvalue weighted by atomic mass is 9.98. The minimum Gasteiger partial charge on any atom is -0.436 e. The molecule has 4 heteroatoms. The lowest BCUT2D eigenvalue weighted by molar-refractivity contribution is 0.559. The summed E-state index contributed by atoms with van der Waals surface area (Å²) in [5.41, 5.74) is 2.99. The van der Waals surface area contributed by atoms with Crippen molar-refractivity contribution in [3.63, 3.8) is 0 Å². The number of aromatic nitrogens is 2. The molecule has 2 heterocycles. The van der Waals surface area contributed by atoms with Gasteiger partial charge in [-0.2, -0.15) is 0 Å². The summed E-state index contributed by atoms with van der Waals surface area (Å²) in [6.45, 7) is 4.24. The van der Waals surface area contributed by atoms with E-state index in [4.69, 9.17) is 16.0 Å². The molecule has 0 radical (unpaired) electrons. The van der Waals surface area contributed by atoms with Crippen molar-refractivity contribution in [3.8, 4) is 11.5 Å². The monoisotopic (exact) mass is 286 g/mol. The Morgan fingerprint density at radius 2 is 2.20 bits per heavy atom. The quantitative estimate of drug-likeness (QED) is 0.752. The van der Waals surface area contributed by atoms with Gasteiger partial charge in [-0.25, -0.2) is 4.98 Å². The first kappa shape index (κ1) is 13.1. The van der Waals surface area contributed by atoms with Gasteiger partial charge in [0.15, 0.2) is 5.76 Å². The van der Waals surface area contributed by atoms with Crippen LogP contribution in [0.3, 0.4) is 0 Å². The van der Waals surface area contributed by atoms with Crippen molar-refractivity contribution in [3.05, 3.63) is 52.7 Å². The number of fused-ring (bicyclic) bond motifs is 1. The van der Waals surface area contributed by atoms with E-state index < -0.39 is 0 Å². The van der Waals surface area contributed by atoms with Crippen LogP contribution >= 0.6 is 11.6 Å². The van der Waals surface area contributed by atoms with Crippen molar-refractivity contribution in [2.75, 3.05) is 0 Å². The zero-order valence-corrected chi connectivity index (χ0v) is 12.2. The number of pyridine rings is 1. The number of halogens is 1. The minimum absolute atomic E-state index is 0.322. The molecule has 0 N–H and O–H groups in total. The summed E-state index contributed by atoms with van der Waals surface area (Å²) < 4.78 is 5.89. The SMILES string of the molecule is CC1=CCC(C)c2nc(-c3ccncc3Cl)oc2C=C1. The molecule has 2 aromatic rings. The highest BCUT2D eigenvalue weighted by molar-refractivity contribution is 6.33. The molecule has 0 fully saturated rings. The summed E-state index contributed by atoms with van der Waals surface area (Å²) in [5.74, 6) is 1.69. The van der Waals surface area contributed by atoms with Gasteiger partial charge in [-0.1, -0.05) is 36.2 Å². The maximum Gasteiger partial charge on any atom is 0.228 e. The van der Waals surface area contributed by atoms with Crippen molar-refractivity contribution < 1.29 is 4.42 Å². The third-order valence-electron chi connectivity index (χ3n) is 3.44. The zero-order valence-electron chi connectivity index (χ0n) is 11.4. The van der Waals surface area contributed by atoms with Crippen LogP contribution in [0.1, 0.15) is 37.6 Å². The first-order valence-electron chi connectivity index (χ1n) is 6.60. The average Bonchev–Trinajstić information content (AvgIpc) is 2.85. The molecule has 0 amide bonds. The van der Waals surface area contributed by atoms with Crippen LogP contribution < -0.4 is 0 Å². The topological polar surface area (TPSA) is 38.9 Å². The molecule has 0 spiro atoms. The number of hydrogen-bond acceptors (Lipinski definition) is 3. The van der Waals surface area contributed by atoms with Gasteiger partial charge in [0, 0.05) is 18.3 Å². The van der Waals surface area contributed by atoms with Crippen molar-refractivity contribution in [1.82, 2.24) is 9.97 Å². The third-order valence-corrected chi connectivity index (χ3v) is 3.74. The summed E-state index contributed by atoms with van der Waals surface area (Å²) in [6.07, 6.45) is 10.5. The highest BCUT2D eigenvalue weighted by Crippen LogP contribution is 2.33. The number of oxazole rings is 1. The van der Waals surface area contributed by atoms with Crippen molar-refractivity contribution in [1.29, 1.82) is 0 Å². The van der Waals surface area contributed by atoms with Crippen LogP contribution in [0.4, 0.5) is 0 Å². The standard InChI is InChI=1S/C16H15ClN2O/c1-10-3-5-11(2)15-14(6-4-10)20-16(19-15)12-7-8-18-9-13(12)17/h3-4,6-9,11H,5H2,1-2H3. The van der Waals surface area contributed by atoms with Gasteiger partial charge in [-0.3, -0.25) is 4.98 Å². The lowest BCUT2D eigenvalue weighted by Gasteiger charge is -2.08. The van der Waals surface area contributed by atoms with E-state index in [-0.39, 0.29) is 0 Å². The van der Waals surface area contributed by atoms with Crippen LogP contribution in [0.25, 0.3) is 17.5 Å². The van der Waals surface area contributed by atoms with E-state index in [1.807, 2.05) is 18.2 Å². The second-order valence-corrected chi connectivity index (χ2v) is 5.45. The van der Waals surface area contributed by atoms with Gasteiger partial charge in [-0.15, -0.1) is 0 Å². The maximum absolute atomic E-state index is 6.16. The summed E-state index contributed by atoms with van der Waals surface area (Å²) in [6, 6.07) is 1.82. The van der Waals surface area contributed by atoms with Crippen LogP contribution in [-0.4, -0.2) is 9.97 Å². The predicted octanol–water partition coefficient (Wildman–Crippen LogP) is 4.86. The van der Waals surface area contributed by atoms with Crippen molar-refractivity contribution >= 4 is 17.7 Å². The molecule has 102 valence electrons. The highest BCUT2D eigenvalue weighted by Gasteiger charge is 2.20. The van der Waals surface area contributed by atoms with Crippen LogP contribution in [0.5, 0.6) is 0 Å². The summed E-state index contributed by atoms with van der Waals surface area (Å²) in [5, 5.41) is 0.549. The molecule has 3 nitrogen and oxygen atoms in total. The molecular formula is C16H15ClN2O. The summed E-state index contributed by atoms with van der Waals surface area (Å²) in [4.78, 5) is 8.61. The van der Waals surface area contributed by atoms with Gasteiger partial charge >= 0.3 is 0 Å². The van der Waals surface area contributed by atoms with Crippen LogP contribution in [-0.2, 0) is 0 Å². The highest BCUT2D eigenvalue weighted by atomic mass is 35.5. The number of nitrogens with zero attached hydrogens (tertiary/aromatic N) is 2. The molecule has 1 aliphatic carbocycles. The van der Waals surface area contributed by atoms with Gasteiger partial charge in [0.25, 0.3) is 0 Å². The van der Waals surface area contributed by atoms with E-state index in [9.17, 15) is 0 Å². The smallest absolute Gasteiger partial charge is 0.228 e. The lowest BCUT2D eigenvalue weighted by Crippen LogP contribution is -1.96. The second-order valence-electron chi connectivity index (χ2n) is 5.04. The predicted molar refractivity (Wildman–Crippen MR) is 80.6 cm³/mol. The Morgan fingerprint density at radius 3 is 3.00 bits per heavy atom. The zero-order chi connectivity index (χ0) is 14.1. The van der Waals surface area contributed by atoms with Crippen LogP contribution in [0.15, 0.2) is 40.6 Å². The Bertz CT molecular complexity index is 700. The molecule has 0 bridgehead atoms. The van der Waals surface area contributed by atoms with E-state index in [0.29, 0.717) is 16.8 Å². The minimum atomic E-state index is 0.322. The van der Waals surface area contributed by atoms with Crippen molar-refractivity contribution in [2.24, 2.45) is 0 Å². The van der Waals surface area contributed by atoms with Crippen LogP contribution in [0.2, 0.25) is 5.02 Å². The number of hydrogen-bond donors (Lipinski definition) is 0. The Hall–Kier alpha value is -1.87. The summed E-state index contributed by atoms with van der Waals surface area (Å²) >= 11 is 6.16. The average molecular weight is 287 g/mol. The first-order chi connectivity index (χ1) is 9.65. The van der Waals surface area contributed by atoms with Gasteiger partial charge in [-0.05, 0) is 25.5 Å². The number of rotatable bonds is 1. The van der Waals surface area contributed by atoms with E-state index in [1.54, 1.807) is 12.4 Å². The molecule has 0 saturated carbocycles. The Morgan fingerprint density at radius 1 is 1.35 bits per heavy atom. The molecular weight excluding hydrogens is 272 g/mol.